The average molecular weight is 313 g/mol. The second kappa shape index (κ2) is 7.80. The quantitative estimate of drug-likeness (QED) is 0.761. The lowest BCUT2D eigenvalue weighted by Gasteiger charge is -2.25. The number of hydrogen-bond acceptors (Lipinski definition) is 2. The molecule has 0 atom stereocenters. The number of benzene rings is 1. The largest absolute Gasteiger partial charge is 0.398 e. The van der Waals surface area contributed by atoms with Gasteiger partial charge in [0.05, 0.1) is 0 Å². The van der Waals surface area contributed by atoms with Gasteiger partial charge in [-0.25, -0.2) is 0 Å². The van der Waals surface area contributed by atoms with Crippen LogP contribution in [0.1, 0.15) is 39.2 Å². The van der Waals surface area contributed by atoms with Crippen LogP contribution in [0, 0.1) is 5.92 Å². The first-order valence-electron chi connectivity index (χ1n) is 6.86. The number of anilines is 1. The predicted octanol–water partition coefficient (Wildman–Crippen LogP) is 4.29. The van der Waals surface area contributed by atoms with E-state index >= 15 is 0 Å². The van der Waals surface area contributed by atoms with Gasteiger partial charge in [0.25, 0.3) is 0 Å². The van der Waals surface area contributed by atoms with E-state index in [1.807, 2.05) is 6.07 Å². The maximum Gasteiger partial charge on any atom is 0.0461 e. The minimum atomic E-state index is 0.803. The van der Waals surface area contributed by atoms with Crippen molar-refractivity contribution < 1.29 is 0 Å². The van der Waals surface area contributed by atoms with Gasteiger partial charge in [-0.2, -0.15) is 0 Å². The van der Waals surface area contributed by atoms with Gasteiger partial charge >= 0.3 is 0 Å². The van der Waals surface area contributed by atoms with Crippen molar-refractivity contribution >= 4 is 21.6 Å². The highest BCUT2D eigenvalue weighted by atomic mass is 79.9. The van der Waals surface area contributed by atoms with Crippen LogP contribution >= 0.6 is 15.9 Å². The summed E-state index contributed by atoms with van der Waals surface area (Å²) >= 11 is 3.44. The Kier molecular flexibility index (Phi) is 6.72. The summed E-state index contributed by atoms with van der Waals surface area (Å²) in [6.45, 7) is 10.0. The van der Waals surface area contributed by atoms with E-state index in [0.717, 1.165) is 29.2 Å². The Balaban J connectivity index is 2.64. The van der Waals surface area contributed by atoms with Crippen molar-refractivity contribution in [1.29, 1.82) is 0 Å². The van der Waals surface area contributed by atoms with Crippen LogP contribution in [-0.2, 0) is 6.54 Å². The smallest absolute Gasteiger partial charge is 0.0461 e. The van der Waals surface area contributed by atoms with Crippen LogP contribution in [0.3, 0.4) is 0 Å². The molecule has 0 aliphatic heterocycles. The minimum Gasteiger partial charge on any atom is -0.398 e. The molecule has 0 aliphatic rings. The van der Waals surface area contributed by atoms with Crippen LogP contribution in [0.5, 0.6) is 0 Å². The maximum absolute atomic E-state index is 5.93. The van der Waals surface area contributed by atoms with E-state index in [1.54, 1.807) is 0 Å². The first-order chi connectivity index (χ1) is 8.60. The highest BCUT2D eigenvalue weighted by Crippen LogP contribution is 2.21. The molecule has 1 aromatic rings. The van der Waals surface area contributed by atoms with Crippen molar-refractivity contribution in [2.75, 3.05) is 18.8 Å². The van der Waals surface area contributed by atoms with Crippen LogP contribution in [0.4, 0.5) is 5.69 Å². The molecule has 0 radical (unpaired) electrons. The molecule has 0 unspecified atom stereocenters. The fourth-order valence-electron chi connectivity index (χ4n) is 2.17. The molecule has 18 heavy (non-hydrogen) atoms. The molecule has 0 aromatic heterocycles. The third-order valence-corrected chi connectivity index (χ3v) is 4.31. The van der Waals surface area contributed by atoms with E-state index in [-0.39, 0.29) is 0 Å². The van der Waals surface area contributed by atoms with Crippen LogP contribution in [0.25, 0.3) is 0 Å². The zero-order valence-corrected chi connectivity index (χ0v) is 13.3. The van der Waals surface area contributed by atoms with Gasteiger partial charge in [-0.1, -0.05) is 39.7 Å². The average Bonchev–Trinajstić information content (AvgIpc) is 2.38. The van der Waals surface area contributed by atoms with Gasteiger partial charge in [0.15, 0.2) is 0 Å². The predicted molar refractivity (Wildman–Crippen MR) is 83.6 cm³/mol. The standard InChI is InChI=1S/C15H25BrN2/c1-4-12(5-2)10-18(6-3)11-13-7-8-14(16)15(17)9-13/h7-9,12H,4-6,10-11,17H2,1-3H3. The van der Waals surface area contributed by atoms with Crippen molar-refractivity contribution in [3.8, 4) is 0 Å². The zero-order chi connectivity index (χ0) is 13.5. The molecule has 0 spiro atoms. The van der Waals surface area contributed by atoms with Crippen molar-refractivity contribution in [1.82, 2.24) is 4.90 Å². The molecule has 0 aliphatic carbocycles. The Hall–Kier alpha value is -0.540. The summed E-state index contributed by atoms with van der Waals surface area (Å²) in [6.07, 6.45) is 2.52. The number of hydrogen-bond donors (Lipinski definition) is 1. The lowest BCUT2D eigenvalue weighted by molar-refractivity contribution is 0.226. The molecule has 0 fully saturated rings. The number of rotatable bonds is 7. The molecule has 0 saturated carbocycles. The molecule has 2 N–H and O–H groups in total. The van der Waals surface area contributed by atoms with Gasteiger partial charge in [0.2, 0.25) is 0 Å². The highest BCUT2D eigenvalue weighted by Gasteiger charge is 2.10. The van der Waals surface area contributed by atoms with E-state index < -0.39 is 0 Å². The molecular formula is C15H25BrN2. The van der Waals surface area contributed by atoms with Crippen molar-refractivity contribution in [2.24, 2.45) is 5.92 Å². The molecule has 1 aromatic carbocycles. The highest BCUT2D eigenvalue weighted by molar-refractivity contribution is 9.10. The van der Waals surface area contributed by atoms with Gasteiger partial charge in [-0.05, 0) is 46.1 Å². The van der Waals surface area contributed by atoms with Crippen molar-refractivity contribution in [2.45, 2.75) is 40.2 Å². The summed E-state index contributed by atoms with van der Waals surface area (Å²) in [5.74, 6) is 0.803. The molecule has 3 heteroatoms. The topological polar surface area (TPSA) is 29.3 Å². The molecule has 0 heterocycles. The van der Waals surface area contributed by atoms with Gasteiger partial charge < -0.3 is 5.73 Å². The Bertz CT molecular complexity index is 362. The molecule has 0 bridgehead atoms. The Morgan fingerprint density at radius 3 is 2.39 bits per heavy atom. The van der Waals surface area contributed by atoms with E-state index in [1.165, 1.54) is 24.9 Å². The lowest BCUT2D eigenvalue weighted by Crippen LogP contribution is -2.28. The van der Waals surface area contributed by atoms with Gasteiger partial charge in [-0.3, -0.25) is 4.90 Å². The summed E-state index contributed by atoms with van der Waals surface area (Å²) in [7, 11) is 0. The summed E-state index contributed by atoms with van der Waals surface area (Å²) in [5, 5.41) is 0. The third kappa shape index (κ3) is 4.62. The third-order valence-electron chi connectivity index (χ3n) is 3.58. The lowest BCUT2D eigenvalue weighted by atomic mass is 10.0. The summed E-state index contributed by atoms with van der Waals surface area (Å²) in [4.78, 5) is 2.50. The van der Waals surface area contributed by atoms with Crippen LogP contribution in [-0.4, -0.2) is 18.0 Å². The number of nitrogen functional groups attached to an aromatic ring is 1. The fourth-order valence-corrected chi connectivity index (χ4v) is 2.41. The van der Waals surface area contributed by atoms with E-state index in [0.29, 0.717) is 0 Å². The molecular weight excluding hydrogens is 288 g/mol. The van der Waals surface area contributed by atoms with Gasteiger partial charge in [0.1, 0.15) is 0 Å². The van der Waals surface area contributed by atoms with Gasteiger partial charge in [-0.15, -0.1) is 0 Å². The minimum absolute atomic E-state index is 0.803. The van der Waals surface area contributed by atoms with E-state index in [4.69, 9.17) is 5.73 Å². The Labute approximate surface area is 120 Å². The first-order valence-corrected chi connectivity index (χ1v) is 7.66. The van der Waals surface area contributed by atoms with Crippen LogP contribution in [0.2, 0.25) is 0 Å². The maximum atomic E-state index is 5.93. The van der Waals surface area contributed by atoms with Crippen molar-refractivity contribution in [3.05, 3.63) is 28.2 Å². The first kappa shape index (κ1) is 15.5. The second-order valence-corrected chi connectivity index (χ2v) is 5.72. The molecule has 0 saturated heterocycles. The molecule has 102 valence electrons. The molecule has 1 rings (SSSR count). The second-order valence-electron chi connectivity index (χ2n) is 4.87. The molecule has 2 nitrogen and oxygen atoms in total. The van der Waals surface area contributed by atoms with Crippen LogP contribution in [0.15, 0.2) is 22.7 Å². The summed E-state index contributed by atoms with van der Waals surface area (Å²) in [5.41, 5.74) is 8.05. The van der Waals surface area contributed by atoms with E-state index in [2.05, 4.69) is 53.7 Å². The number of nitrogens with two attached hydrogens (primary N) is 1. The fraction of sp³-hybridized carbons (Fsp3) is 0.600. The SMILES string of the molecule is CCC(CC)CN(CC)Cc1ccc(Br)c(N)c1. The number of nitrogens with zero attached hydrogens (tertiary/aromatic N) is 1. The normalized spacial score (nSPS) is 11.4. The van der Waals surface area contributed by atoms with E-state index in [9.17, 15) is 0 Å². The number of halogens is 1. The monoisotopic (exact) mass is 312 g/mol. The molecule has 0 amide bonds. The summed E-state index contributed by atoms with van der Waals surface area (Å²) in [6, 6.07) is 6.26. The van der Waals surface area contributed by atoms with Crippen LogP contribution < -0.4 is 5.73 Å². The Morgan fingerprint density at radius 2 is 1.89 bits per heavy atom. The Morgan fingerprint density at radius 1 is 1.22 bits per heavy atom. The summed E-state index contributed by atoms with van der Waals surface area (Å²) < 4.78 is 0.981. The van der Waals surface area contributed by atoms with Crippen molar-refractivity contribution in [3.63, 3.8) is 0 Å². The zero-order valence-electron chi connectivity index (χ0n) is 11.7. The van der Waals surface area contributed by atoms with Gasteiger partial charge in [0, 0.05) is 23.2 Å².